The van der Waals surface area contributed by atoms with Gasteiger partial charge in [0.15, 0.2) is 0 Å². The van der Waals surface area contributed by atoms with Crippen molar-refractivity contribution in [3.63, 3.8) is 0 Å². The van der Waals surface area contributed by atoms with Crippen molar-refractivity contribution in [2.75, 3.05) is 13.3 Å². The molecule has 0 amide bonds. The molecule has 0 atom stereocenters. The van der Waals surface area contributed by atoms with Crippen molar-refractivity contribution in [1.29, 1.82) is 0 Å². The van der Waals surface area contributed by atoms with Crippen molar-refractivity contribution in [3.05, 3.63) is 11.6 Å². The Hall–Kier alpha value is -0.440. The highest BCUT2D eigenvalue weighted by atomic mass is 32.2. The van der Waals surface area contributed by atoms with E-state index in [2.05, 4.69) is 10.3 Å². The lowest BCUT2D eigenvalue weighted by Crippen LogP contribution is -1.98. The minimum atomic E-state index is 1.63. The van der Waals surface area contributed by atoms with Gasteiger partial charge in [-0.15, -0.1) is 11.8 Å². The molecule has 0 bridgehead atoms. The Kier molecular flexibility index (Phi) is 6.20. The fourth-order valence-corrected chi connectivity index (χ4v) is 0.440. The summed E-state index contributed by atoms with van der Waals surface area (Å²) in [4.78, 5) is 3.71. The molecule has 0 heterocycles. The summed E-state index contributed by atoms with van der Waals surface area (Å²) in [5.74, 6) is 0. The summed E-state index contributed by atoms with van der Waals surface area (Å²) in [6.45, 7) is 0. The molecule has 8 heavy (non-hydrogen) atoms. The van der Waals surface area contributed by atoms with Gasteiger partial charge in [0, 0.05) is 13.2 Å². The second-order valence-corrected chi connectivity index (χ2v) is 1.84. The Morgan fingerprint density at radius 1 is 1.62 bits per heavy atom. The minimum absolute atomic E-state index is 1.63. The van der Waals surface area contributed by atoms with E-state index in [-0.39, 0.29) is 0 Å². The van der Waals surface area contributed by atoms with E-state index in [1.807, 2.05) is 17.9 Å². The van der Waals surface area contributed by atoms with Crippen LogP contribution in [0.3, 0.4) is 0 Å². The molecule has 0 aliphatic heterocycles. The van der Waals surface area contributed by atoms with Gasteiger partial charge in [0.05, 0.1) is 6.34 Å². The van der Waals surface area contributed by atoms with Crippen molar-refractivity contribution in [1.82, 2.24) is 5.32 Å². The molecule has 0 saturated heterocycles. The molecule has 0 aromatic carbocycles. The number of nitrogens with zero attached hydrogens (tertiary/aromatic N) is 1. The van der Waals surface area contributed by atoms with Gasteiger partial charge in [0.1, 0.15) is 0 Å². The van der Waals surface area contributed by atoms with E-state index in [4.69, 9.17) is 0 Å². The molecular weight excluding hydrogens is 120 g/mol. The van der Waals surface area contributed by atoms with E-state index in [1.54, 1.807) is 25.1 Å². The van der Waals surface area contributed by atoms with Crippen molar-refractivity contribution in [2.24, 2.45) is 4.99 Å². The Morgan fingerprint density at radius 2 is 2.38 bits per heavy atom. The summed E-state index contributed by atoms with van der Waals surface area (Å²) in [5, 5.41) is 4.79. The summed E-state index contributed by atoms with van der Waals surface area (Å²) in [5.41, 5.74) is 0. The fourth-order valence-electron chi connectivity index (χ4n) is 0.225. The lowest BCUT2D eigenvalue weighted by atomic mass is 11.0. The predicted molar refractivity (Wildman–Crippen MR) is 40.2 cm³/mol. The summed E-state index contributed by atoms with van der Waals surface area (Å²) in [6, 6.07) is 0. The highest BCUT2D eigenvalue weighted by Crippen LogP contribution is 1.89. The first-order valence-corrected chi connectivity index (χ1v) is 3.55. The third-order valence-electron chi connectivity index (χ3n) is 0.504. The molecular formula is C5H10N2S. The van der Waals surface area contributed by atoms with Gasteiger partial charge < -0.3 is 5.32 Å². The van der Waals surface area contributed by atoms with Crippen molar-refractivity contribution in [3.8, 4) is 0 Å². The van der Waals surface area contributed by atoms with Crippen LogP contribution in [0, 0.1) is 0 Å². The molecule has 0 spiro atoms. The van der Waals surface area contributed by atoms with Gasteiger partial charge in [-0.3, -0.25) is 4.99 Å². The normalized spacial score (nSPS) is 11.2. The number of rotatable bonds is 3. The lowest BCUT2D eigenvalue weighted by molar-refractivity contribution is 1.29. The van der Waals surface area contributed by atoms with Crippen molar-refractivity contribution >= 4 is 18.1 Å². The highest BCUT2D eigenvalue weighted by molar-refractivity contribution is 8.01. The van der Waals surface area contributed by atoms with Crippen LogP contribution in [-0.2, 0) is 0 Å². The van der Waals surface area contributed by atoms with Crippen LogP contribution in [0.15, 0.2) is 16.6 Å². The maximum absolute atomic E-state index is 3.71. The third-order valence-corrected chi connectivity index (χ3v) is 0.912. The molecule has 0 unspecified atom stereocenters. The molecule has 0 saturated carbocycles. The Morgan fingerprint density at radius 3 is 2.88 bits per heavy atom. The summed E-state index contributed by atoms with van der Waals surface area (Å²) in [7, 11) is 1.72. The van der Waals surface area contributed by atoms with Crippen LogP contribution >= 0.6 is 11.8 Å². The van der Waals surface area contributed by atoms with E-state index < -0.39 is 0 Å². The molecule has 0 aromatic heterocycles. The second kappa shape index (κ2) is 6.56. The molecule has 0 rings (SSSR count). The van der Waals surface area contributed by atoms with Gasteiger partial charge in [-0.05, 0) is 11.7 Å². The first-order chi connectivity index (χ1) is 3.91. The topological polar surface area (TPSA) is 24.4 Å². The van der Waals surface area contributed by atoms with Gasteiger partial charge in [-0.2, -0.15) is 0 Å². The molecule has 2 nitrogen and oxygen atoms in total. The van der Waals surface area contributed by atoms with Crippen LogP contribution in [0.25, 0.3) is 0 Å². The largest absolute Gasteiger partial charge is 0.353 e. The third kappa shape index (κ3) is 5.56. The molecule has 0 aromatic rings. The standard InChI is InChI=1S/C5H10N2S/c1-6-5-7-3-4-8-2/h3-5H,1-2H3,(H,6,7). The van der Waals surface area contributed by atoms with E-state index in [0.29, 0.717) is 0 Å². The zero-order valence-electron chi connectivity index (χ0n) is 5.09. The van der Waals surface area contributed by atoms with Crippen LogP contribution < -0.4 is 5.32 Å². The average molecular weight is 130 g/mol. The lowest BCUT2D eigenvalue weighted by Gasteiger charge is -1.83. The maximum atomic E-state index is 3.71. The molecule has 3 heteroatoms. The molecule has 0 radical (unpaired) electrons. The molecule has 1 N–H and O–H groups in total. The number of thioether (sulfide) groups is 1. The second-order valence-electron chi connectivity index (χ2n) is 1.09. The van der Waals surface area contributed by atoms with E-state index in [1.165, 1.54) is 0 Å². The minimum Gasteiger partial charge on any atom is -0.353 e. The molecule has 0 fully saturated rings. The number of hydrogen-bond acceptors (Lipinski definition) is 2. The smallest absolute Gasteiger partial charge is 0.0860 e. The van der Waals surface area contributed by atoms with Crippen molar-refractivity contribution in [2.45, 2.75) is 0 Å². The summed E-state index contributed by atoms with van der Waals surface area (Å²) in [6.07, 6.45) is 5.46. The van der Waals surface area contributed by atoms with Gasteiger partial charge in [-0.25, -0.2) is 0 Å². The zero-order chi connectivity index (χ0) is 6.24. The number of hydrogen-bond donors (Lipinski definition) is 1. The molecule has 0 aliphatic carbocycles. The van der Waals surface area contributed by atoms with Crippen LogP contribution in [-0.4, -0.2) is 19.6 Å². The van der Waals surface area contributed by atoms with Crippen LogP contribution in [0.2, 0.25) is 0 Å². The van der Waals surface area contributed by atoms with Crippen molar-refractivity contribution < 1.29 is 0 Å². The summed E-state index contributed by atoms with van der Waals surface area (Å²) >= 11 is 1.65. The Bertz CT molecular complexity index is 88.4. The van der Waals surface area contributed by atoms with E-state index >= 15 is 0 Å². The zero-order valence-corrected chi connectivity index (χ0v) is 5.90. The SMILES string of the molecule is C/N=C/NC=CSC. The first-order valence-electron chi connectivity index (χ1n) is 2.26. The van der Waals surface area contributed by atoms with E-state index in [9.17, 15) is 0 Å². The van der Waals surface area contributed by atoms with Gasteiger partial charge >= 0.3 is 0 Å². The van der Waals surface area contributed by atoms with Crippen LogP contribution in [0.4, 0.5) is 0 Å². The highest BCUT2D eigenvalue weighted by Gasteiger charge is 1.62. The molecule has 0 aliphatic rings. The van der Waals surface area contributed by atoms with Crippen LogP contribution in [0.5, 0.6) is 0 Å². The van der Waals surface area contributed by atoms with Gasteiger partial charge in [0.25, 0.3) is 0 Å². The first kappa shape index (κ1) is 7.56. The maximum Gasteiger partial charge on any atom is 0.0860 e. The number of nitrogens with one attached hydrogen (secondary N) is 1. The Labute approximate surface area is 54.1 Å². The van der Waals surface area contributed by atoms with Gasteiger partial charge in [0.2, 0.25) is 0 Å². The van der Waals surface area contributed by atoms with Gasteiger partial charge in [-0.1, -0.05) is 0 Å². The number of aliphatic imine (C=N–C) groups is 1. The fraction of sp³-hybridized carbons (Fsp3) is 0.400. The van der Waals surface area contributed by atoms with E-state index in [0.717, 1.165) is 0 Å². The Balaban J connectivity index is 3.03. The molecule has 46 valence electrons. The quantitative estimate of drug-likeness (QED) is 0.456. The monoisotopic (exact) mass is 130 g/mol. The average Bonchev–Trinajstić information content (AvgIpc) is 1.81. The van der Waals surface area contributed by atoms with Crippen LogP contribution in [0.1, 0.15) is 0 Å². The summed E-state index contributed by atoms with van der Waals surface area (Å²) < 4.78 is 0. The predicted octanol–water partition coefficient (Wildman–Crippen LogP) is 1.07.